The summed E-state index contributed by atoms with van der Waals surface area (Å²) in [7, 11) is -1.88. The third-order valence-corrected chi connectivity index (χ3v) is 10.2. The van der Waals surface area contributed by atoms with Gasteiger partial charge in [-0.05, 0) is 28.6 Å². The van der Waals surface area contributed by atoms with E-state index in [4.69, 9.17) is 10.5 Å². The average Bonchev–Trinajstić information content (AvgIpc) is 3.24. The summed E-state index contributed by atoms with van der Waals surface area (Å²) in [6.07, 6.45) is 1.71. The predicted molar refractivity (Wildman–Crippen MR) is 115 cm³/mol. The van der Waals surface area contributed by atoms with Crippen molar-refractivity contribution in [3.63, 3.8) is 0 Å². The maximum atomic E-state index is 9.13. The van der Waals surface area contributed by atoms with Gasteiger partial charge in [0.2, 0.25) is 0 Å². The van der Waals surface area contributed by atoms with E-state index in [9.17, 15) is 0 Å². The van der Waals surface area contributed by atoms with Crippen molar-refractivity contribution < 1.29 is 0 Å². The molecule has 2 aromatic heterocycles. The molecule has 4 aromatic rings. The van der Waals surface area contributed by atoms with Crippen LogP contribution < -0.4 is 10.4 Å². The standard InChI is InChI=1S/C22H15N3SSi/c1-27(2)19-9-5-7-17-16-6-3-4-8-18(16)25(21(17)19)22-20(27)11-15(26-22)10-14(12-23)13-24/h3-11H,1-2H3. The van der Waals surface area contributed by atoms with Gasteiger partial charge in [0.25, 0.3) is 0 Å². The number of nitrogens with zero attached hydrogens (tertiary/aromatic N) is 3. The van der Waals surface area contributed by atoms with Gasteiger partial charge >= 0.3 is 0 Å². The highest BCUT2D eigenvalue weighted by Gasteiger charge is 2.38. The number of nitriles is 2. The molecule has 2 aromatic carbocycles. The molecule has 5 heteroatoms. The van der Waals surface area contributed by atoms with E-state index in [2.05, 4.69) is 66.2 Å². The summed E-state index contributed by atoms with van der Waals surface area (Å²) in [6.45, 7) is 4.77. The minimum atomic E-state index is -1.88. The molecule has 0 radical (unpaired) electrons. The number of hydrogen-bond acceptors (Lipinski definition) is 3. The first-order chi connectivity index (χ1) is 13.1. The Balaban J connectivity index is 1.94. The predicted octanol–water partition coefficient (Wildman–Crippen LogP) is 4.41. The number of para-hydroxylation sites is 2. The highest BCUT2D eigenvalue weighted by Crippen LogP contribution is 2.37. The molecule has 0 saturated heterocycles. The first-order valence-corrected chi connectivity index (χ1v) is 12.6. The number of fused-ring (bicyclic) bond motifs is 5. The molecule has 3 heterocycles. The number of aromatic nitrogens is 1. The van der Waals surface area contributed by atoms with Crippen LogP contribution in [-0.2, 0) is 0 Å². The molecule has 0 fully saturated rings. The van der Waals surface area contributed by atoms with E-state index in [1.54, 1.807) is 17.4 Å². The molecule has 3 nitrogen and oxygen atoms in total. The van der Waals surface area contributed by atoms with E-state index < -0.39 is 8.07 Å². The molecule has 128 valence electrons. The lowest BCUT2D eigenvalue weighted by Gasteiger charge is -2.30. The molecular formula is C22H15N3SSi. The number of rotatable bonds is 1. The normalized spacial score (nSPS) is 13.8. The Morgan fingerprint density at radius 3 is 2.52 bits per heavy atom. The molecule has 0 bridgehead atoms. The third-order valence-electron chi connectivity index (χ3n) is 5.50. The fraction of sp³-hybridized carbons (Fsp3) is 0.0909. The van der Waals surface area contributed by atoms with Crippen LogP contribution in [0.25, 0.3) is 32.9 Å². The van der Waals surface area contributed by atoms with Crippen LogP contribution in [0.5, 0.6) is 0 Å². The third kappa shape index (κ3) is 2.04. The van der Waals surface area contributed by atoms with Gasteiger partial charge in [0.05, 0.1) is 11.0 Å². The second kappa shape index (κ2) is 5.44. The topological polar surface area (TPSA) is 52.5 Å². The van der Waals surface area contributed by atoms with Gasteiger partial charge in [-0.25, -0.2) is 0 Å². The second-order valence-corrected chi connectivity index (χ2v) is 12.7. The van der Waals surface area contributed by atoms with Crippen LogP contribution in [0.2, 0.25) is 13.1 Å². The molecule has 5 rings (SSSR count). The maximum absolute atomic E-state index is 9.13. The maximum Gasteiger partial charge on any atom is 0.131 e. The minimum absolute atomic E-state index is 0.146. The Kier molecular flexibility index (Phi) is 3.24. The van der Waals surface area contributed by atoms with Gasteiger partial charge in [0.15, 0.2) is 0 Å². The number of benzene rings is 2. The summed E-state index contributed by atoms with van der Waals surface area (Å²) in [5, 5.41) is 24.9. The molecule has 0 unspecified atom stereocenters. The Morgan fingerprint density at radius 2 is 1.74 bits per heavy atom. The van der Waals surface area contributed by atoms with Crippen LogP contribution >= 0.6 is 11.3 Å². The zero-order valence-corrected chi connectivity index (χ0v) is 16.8. The monoisotopic (exact) mass is 381 g/mol. The van der Waals surface area contributed by atoms with Crippen LogP contribution in [0.3, 0.4) is 0 Å². The largest absolute Gasteiger partial charge is 0.301 e. The van der Waals surface area contributed by atoms with Gasteiger partial charge in [-0.15, -0.1) is 11.3 Å². The number of allylic oxidation sites excluding steroid dienone is 1. The Hall–Kier alpha value is -3.12. The van der Waals surface area contributed by atoms with Crippen molar-refractivity contribution in [2.24, 2.45) is 0 Å². The average molecular weight is 382 g/mol. The van der Waals surface area contributed by atoms with Gasteiger partial charge in [0, 0.05) is 15.6 Å². The van der Waals surface area contributed by atoms with E-state index in [1.807, 2.05) is 12.1 Å². The lowest BCUT2D eigenvalue weighted by Crippen LogP contribution is -2.56. The summed E-state index contributed by atoms with van der Waals surface area (Å²) >= 11 is 1.67. The van der Waals surface area contributed by atoms with Gasteiger partial charge in [-0.2, -0.15) is 10.5 Å². The fourth-order valence-electron chi connectivity index (χ4n) is 4.20. The van der Waals surface area contributed by atoms with Crippen molar-refractivity contribution in [1.82, 2.24) is 4.57 Å². The fourth-order valence-corrected chi connectivity index (χ4v) is 9.05. The van der Waals surface area contributed by atoms with E-state index in [1.165, 1.54) is 37.2 Å². The van der Waals surface area contributed by atoms with E-state index >= 15 is 0 Å². The summed E-state index contributed by atoms with van der Waals surface area (Å²) in [4.78, 5) is 0.970. The summed E-state index contributed by atoms with van der Waals surface area (Å²) in [5.74, 6) is 0. The highest BCUT2D eigenvalue weighted by atomic mass is 32.1. The quantitative estimate of drug-likeness (QED) is 0.362. The van der Waals surface area contributed by atoms with E-state index in [0.29, 0.717) is 0 Å². The lowest BCUT2D eigenvalue weighted by atomic mass is 10.1. The van der Waals surface area contributed by atoms with Crippen molar-refractivity contribution in [2.45, 2.75) is 13.1 Å². The van der Waals surface area contributed by atoms with Crippen LogP contribution in [0.15, 0.2) is 54.1 Å². The molecule has 1 aliphatic rings. The van der Waals surface area contributed by atoms with Crippen LogP contribution in [0.4, 0.5) is 0 Å². The Labute approximate surface area is 162 Å². The van der Waals surface area contributed by atoms with Crippen molar-refractivity contribution in [2.75, 3.05) is 0 Å². The van der Waals surface area contributed by atoms with E-state index in [0.717, 1.165) is 4.88 Å². The minimum Gasteiger partial charge on any atom is -0.301 e. The van der Waals surface area contributed by atoms with Crippen LogP contribution in [0.1, 0.15) is 4.88 Å². The molecule has 0 atom stereocenters. The molecule has 0 amide bonds. The highest BCUT2D eigenvalue weighted by molar-refractivity contribution is 7.19. The van der Waals surface area contributed by atoms with Gasteiger partial charge in [-0.1, -0.05) is 49.5 Å². The number of thiophene rings is 1. The SMILES string of the molecule is C[Si]1(C)c2cc(C=C(C#N)C#N)sc2-n2c3ccccc3c3cccc1c32. The lowest BCUT2D eigenvalue weighted by molar-refractivity contribution is 1.23. The zero-order chi connectivity index (χ0) is 18.8. The van der Waals surface area contributed by atoms with Crippen molar-refractivity contribution >= 4 is 57.7 Å². The molecule has 0 aliphatic carbocycles. The smallest absolute Gasteiger partial charge is 0.131 e. The molecule has 0 saturated carbocycles. The van der Waals surface area contributed by atoms with Gasteiger partial charge in [0.1, 0.15) is 30.8 Å². The van der Waals surface area contributed by atoms with Crippen molar-refractivity contribution in [3.8, 4) is 17.1 Å². The second-order valence-electron chi connectivity index (χ2n) is 7.33. The van der Waals surface area contributed by atoms with Crippen molar-refractivity contribution in [1.29, 1.82) is 10.5 Å². The van der Waals surface area contributed by atoms with Crippen molar-refractivity contribution in [3.05, 3.63) is 59.0 Å². The molecule has 0 N–H and O–H groups in total. The Bertz CT molecular complexity index is 1360. The first-order valence-electron chi connectivity index (χ1n) is 8.75. The summed E-state index contributed by atoms with van der Waals surface area (Å²) < 4.78 is 2.38. The summed E-state index contributed by atoms with van der Waals surface area (Å²) in [5.41, 5.74) is 2.68. The molecule has 0 spiro atoms. The zero-order valence-electron chi connectivity index (χ0n) is 14.9. The number of hydrogen-bond donors (Lipinski definition) is 0. The van der Waals surface area contributed by atoms with Crippen LogP contribution in [-0.4, -0.2) is 12.6 Å². The molecular weight excluding hydrogens is 366 g/mol. The van der Waals surface area contributed by atoms with Crippen LogP contribution in [0, 0.1) is 22.7 Å². The van der Waals surface area contributed by atoms with Gasteiger partial charge in [-0.3, -0.25) is 0 Å². The summed E-state index contributed by atoms with van der Waals surface area (Å²) in [6, 6.07) is 21.3. The van der Waals surface area contributed by atoms with E-state index in [-0.39, 0.29) is 5.57 Å². The molecule has 1 aliphatic heterocycles. The molecule has 27 heavy (non-hydrogen) atoms. The first kappa shape index (κ1) is 16.1. The van der Waals surface area contributed by atoms with Gasteiger partial charge < -0.3 is 4.57 Å². The Morgan fingerprint density at radius 1 is 1.00 bits per heavy atom.